The lowest BCUT2D eigenvalue weighted by Gasteiger charge is -2.18. The minimum Gasteiger partial charge on any atom is -0.494 e. The van der Waals surface area contributed by atoms with Crippen LogP contribution in [0.25, 0.3) is 6.08 Å². The number of benzene rings is 2. The van der Waals surface area contributed by atoms with Crippen LogP contribution in [0.3, 0.4) is 0 Å². The number of hydrogen-bond acceptors (Lipinski definition) is 6. The van der Waals surface area contributed by atoms with Crippen molar-refractivity contribution in [1.29, 1.82) is 0 Å². The number of nitro groups is 1. The second-order valence-electron chi connectivity index (χ2n) is 6.25. The van der Waals surface area contributed by atoms with Crippen LogP contribution in [0.5, 0.6) is 5.75 Å². The van der Waals surface area contributed by atoms with Crippen molar-refractivity contribution in [3.05, 3.63) is 63.8 Å². The molecule has 0 aromatic heterocycles. The molecule has 0 spiro atoms. The molecule has 1 aliphatic rings. The van der Waals surface area contributed by atoms with E-state index in [4.69, 9.17) is 4.74 Å². The highest BCUT2D eigenvalue weighted by Gasteiger charge is 2.31. The first-order valence-electron chi connectivity index (χ1n) is 8.61. The van der Waals surface area contributed by atoms with Crippen LogP contribution in [0.4, 0.5) is 17.1 Å². The average molecular weight is 394 g/mol. The molecule has 0 saturated carbocycles. The molecule has 0 aliphatic carbocycles. The second-order valence-corrected chi connectivity index (χ2v) is 6.25. The van der Waals surface area contributed by atoms with Crippen LogP contribution in [-0.2, 0) is 9.59 Å². The molecule has 0 atom stereocenters. The highest BCUT2D eigenvalue weighted by molar-refractivity contribution is 6.28. The maximum atomic E-state index is 12.9. The predicted molar refractivity (Wildman–Crippen MR) is 109 cm³/mol. The molecular weight excluding hydrogens is 376 g/mol. The minimum absolute atomic E-state index is 0.137. The molecule has 2 aromatic rings. The van der Waals surface area contributed by atoms with Crippen molar-refractivity contribution in [2.45, 2.75) is 13.8 Å². The van der Waals surface area contributed by atoms with Gasteiger partial charge in [0, 0.05) is 18.7 Å². The van der Waals surface area contributed by atoms with Crippen molar-refractivity contribution in [3.63, 3.8) is 0 Å². The van der Waals surface area contributed by atoms with Crippen LogP contribution in [0.15, 0.2) is 53.2 Å². The molecule has 0 fully saturated rings. The number of methoxy groups -OCH3 is 1. The van der Waals surface area contributed by atoms with Crippen LogP contribution in [0.1, 0.15) is 19.4 Å². The summed E-state index contributed by atoms with van der Waals surface area (Å²) < 4.78 is 5.24. The summed E-state index contributed by atoms with van der Waals surface area (Å²) in [6, 6.07) is 11.0. The average Bonchev–Trinajstić information content (AvgIpc) is 2.95. The van der Waals surface area contributed by atoms with Gasteiger partial charge in [-0.05, 0) is 36.8 Å². The third-order valence-electron chi connectivity index (χ3n) is 4.18. The van der Waals surface area contributed by atoms with Gasteiger partial charge in [-0.25, -0.2) is 4.99 Å². The number of carbonyl (C=O) groups is 2. The Labute approximate surface area is 166 Å². The first-order valence-corrected chi connectivity index (χ1v) is 8.61. The molecule has 0 unspecified atom stereocenters. The van der Waals surface area contributed by atoms with Gasteiger partial charge in [-0.2, -0.15) is 0 Å². The van der Waals surface area contributed by atoms with Gasteiger partial charge < -0.3 is 10.1 Å². The van der Waals surface area contributed by atoms with Crippen molar-refractivity contribution < 1.29 is 19.2 Å². The van der Waals surface area contributed by atoms with Crippen LogP contribution in [0, 0.1) is 10.1 Å². The van der Waals surface area contributed by atoms with E-state index >= 15 is 0 Å². The van der Waals surface area contributed by atoms with Gasteiger partial charge in [-0.1, -0.05) is 12.1 Å². The van der Waals surface area contributed by atoms with Crippen molar-refractivity contribution in [3.8, 4) is 5.75 Å². The van der Waals surface area contributed by atoms with E-state index in [9.17, 15) is 19.7 Å². The zero-order valence-corrected chi connectivity index (χ0v) is 16.0. The molecule has 2 amide bonds. The Bertz CT molecular complexity index is 1060. The van der Waals surface area contributed by atoms with E-state index in [1.54, 1.807) is 37.3 Å². The van der Waals surface area contributed by atoms with Gasteiger partial charge in [0.15, 0.2) is 0 Å². The van der Waals surface area contributed by atoms with E-state index in [-0.39, 0.29) is 28.9 Å². The number of amidine groups is 1. The summed E-state index contributed by atoms with van der Waals surface area (Å²) in [6.45, 7) is 3.09. The Morgan fingerprint density at radius 2 is 1.93 bits per heavy atom. The quantitative estimate of drug-likeness (QED) is 0.474. The lowest BCUT2D eigenvalue weighted by molar-refractivity contribution is -0.384. The highest BCUT2D eigenvalue weighted by Crippen LogP contribution is 2.35. The summed E-state index contributed by atoms with van der Waals surface area (Å²) in [7, 11) is 1.38. The second kappa shape index (κ2) is 7.93. The van der Waals surface area contributed by atoms with Crippen molar-refractivity contribution in [2.75, 3.05) is 17.3 Å². The summed E-state index contributed by atoms with van der Waals surface area (Å²) in [5.74, 6) is 0.0712. The molecule has 0 saturated heterocycles. The number of rotatable bonds is 5. The Hall–Kier alpha value is -4.01. The third kappa shape index (κ3) is 4.13. The lowest BCUT2D eigenvalue weighted by Crippen LogP contribution is -2.30. The van der Waals surface area contributed by atoms with E-state index in [1.807, 2.05) is 0 Å². The zero-order chi connectivity index (χ0) is 21.1. The molecular formula is C20H18N4O5. The smallest absolute Gasteiger partial charge is 0.282 e. The van der Waals surface area contributed by atoms with Crippen molar-refractivity contribution in [1.82, 2.24) is 0 Å². The van der Waals surface area contributed by atoms with Crippen LogP contribution >= 0.6 is 0 Å². The lowest BCUT2D eigenvalue weighted by atomic mass is 10.1. The fraction of sp³-hybridized carbons (Fsp3) is 0.150. The molecule has 1 aliphatic heterocycles. The minimum atomic E-state index is -0.533. The molecule has 0 radical (unpaired) electrons. The summed E-state index contributed by atoms with van der Waals surface area (Å²) >= 11 is 0. The SMILES string of the molecule is COc1cc([N+](=O)[O-])ccc1N1C(=O)C(=Cc2ccc(NC(C)=O)cc2)N=C1C. The number of amides is 2. The number of ether oxygens (including phenoxy) is 1. The Kier molecular flexibility index (Phi) is 5.40. The van der Waals surface area contributed by atoms with Gasteiger partial charge in [-0.15, -0.1) is 0 Å². The van der Waals surface area contributed by atoms with Crippen molar-refractivity contribution in [2.24, 2.45) is 4.99 Å². The van der Waals surface area contributed by atoms with Gasteiger partial charge in [-0.3, -0.25) is 24.6 Å². The Morgan fingerprint density at radius 3 is 2.52 bits per heavy atom. The number of nitrogens with one attached hydrogen (secondary N) is 1. The largest absolute Gasteiger partial charge is 0.494 e. The van der Waals surface area contributed by atoms with Crippen LogP contribution in [0.2, 0.25) is 0 Å². The zero-order valence-electron chi connectivity index (χ0n) is 16.0. The predicted octanol–water partition coefficient (Wildman–Crippen LogP) is 3.37. The number of aliphatic imine (C=N–C) groups is 1. The number of hydrogen-bond donors (Lipinski definition) is 1. The fourth-order valence-corrected chi connectivity index (χ4v) is 2.90. The fourth-order valence-electron chi connectivity index (χ4n) is 2.90. The van der Waals surface area contributed by atoms with E-state index in [0.717, 1.165) is 5.56 Å². The first-order chi connectivity index (χ1) is 13.8. The molecule has 9 heteroatoms. The van der Waals surface area contributed by atoms with Gasteiger partial charge in [0.1, 0.15) is 17.3 Å². The third-order valence-corrected chi connectivity index (χ3v) is 4.18. The normalized spacial score (nSPS) is 14.7. The maximum absolute atomic E-state index is 12.9. The van der Waals surface area contributed by atoms with E-state index in [1.165, 1.54) is 37.1 Å². The number of anilines is 2. The van der Waals surface area contributed by atoms with Crippen LogP contribution < -0.4 is 15.0 Å². The van der Waals surface area contributed by atoms with Crippen molar-refractivity contribution >= 4 is 40.8 Å². The highest BCUT2D eigenvalue weighted by atomic mass is 16.6. The summed E-state index contributed by atoms with van der Waals surface area (Å²) in [5, 5.41) is 13.7. The molecule has 0 bridgehead atoms. The van der Waals surface area contributed by atoms with Gasteiger partial charge in [0.05, 0.1) is 23.8 Å². The molecule has 29 heavy (non-hydrogen) atoms. The van der Waals surface area contributed by atoms with E-state index < -0.39 is 4.92 Å². The summed E-state index contributed by atoms with van der Waals surface area (Å²) in [5.41, 5.74) is 1.83. The maximum Gasteiger partial charge on any atom is 0.282 e. The molecule has 2 aromatic carbocycles. The Balaban J connectivity index is 1.90. The van der Waals surface area contributed by atoms with E-state index in [0.29, 0.717) is 17.2 Å². The van der Waals surface area contributed by atoms with Gasteiger partial charge >= 0.3 is 0 Å². The van der Waals surface area contributed by atoms with Crippen LogP contribution in [-0.4, -0.2) is 29.7 Å². The summed E-state index contributed by atoms with van der Waals surface area (Å²) in [6.07, 6.45) is 1.63. The Morgan fingerprint density at radius 1 is 1.24 bits per heavy atom. The standard InChI is InChI=1S/C20H18N4O5/c1-12-21-17(10-14-4-6-15(7-5-14)22-13(2)25)20(26)23(12)18-9-8-16(24(27)28)11-19(18)29-3/h4-11H,1-3H3,(H,22,25). The number of non-ortho nitro benzene ring substituents is 1. The molecule has 148 valence electrons. The first kappa shape index (κ1) is 19.7. The number of carbonyl (C=O) groups excluding carboxylic acids is 2. The number of nitro benzene ring substituents is 1. The monoisotopic (exact) mass is 394 g/mol. The number of nitrogens with zero attached hydrogens (tertiary/aromatic N) is 3. The molecule has 1 N–H and O–H groups in total. The van der Waals surface area contributed by atoms with Gasteiger partial charge in [0.2, 0.25) is 5.91 Å². The molecule has 1 heterocycles. The topological polar surface area (TPSA) is 114 Å². The molecule has 9 nitrogen and oxygen atoms in total. The molecule has 3 rings (SSSR count). The van der Waals surface area contributed by atoms with Gasteiger partial charge in [0.25, 0.3) is 11.6 Å². The van der Waals surface area contributed by atoms with E-state index in [2.05, 4.69) is 10.3 Å². The summed E-state index contributed by atoms with van der Waals surface area (Å²) in [4.78, 5) is 40.1.